The highest BCUT2D eigenvalue weighted by Crippen LogP contribution is 2.37. The molecule has 2 aliphatic rings. The number of para-hydroxylation sites is 1. The monoisotopic (exact) mass is 446 g/mol. The highest BCUT2D eigenvalue weighted by Gasteiger charge is 2.48. The molecule has 168 valence electrons. The zero-order chi connectivity index (χ0) is 21.1. The van der Waals surface area contributed by atoms with Crippen LogP contribution in [0.1, 0.15) is 32.3 Å². The van der Waals surface area contributed by atoms with Crippen molar-refractivity contribution in [2.75, 3.05) is 31.1 Å². The zero-order valence-electron chi connectivity index (χ0n) is 18.3. The van der Waals surface area contributed by atoms with Crippen LogP contribution in [0.3, 0.4) is 0 Å². The van der Waals surface area contributed by atoms with Crippen molar-refractivity contribution < 1.29 is 13.9 Å². The number of morpholine rings is 1. The summed E-state index contributed by atoms with van der Waals surface area (Å²) in [5.41, 5.74) is 1.30. The SMILES string of the molecule is CC(C)C1OC2(CCN(CCc3ccccc3)CC2)CN(c2ccccc2F)C1=O.Cl. The summed E-state index contributed by atoms with van der Waals surface area (Å²) in [5.74, 6) is -0.446. The van der Waals surface area contributed by atoms with Gasteiger partial charge in [0, 0.05) is 19.6 Å². The van der Waals surface area contributed by atoms with Gasteiger partial charge in [-0.15, -0.1) is 12.4 Å². The Morgan fingerprint density at radius 1 is 1.06 bits per heavy atom. The van der Waals surface area contributed by atoms with Gasteiger partial charge in [-0.3, -0.25) is 4.79 Å². The first-order valence-electron chi connectivity index (χ1n) is 11.0. The minimum atomic E-state index is -0.533. The van der Waals surface area contributed by atoms with Crippen LogP contribution in [0, 0.1) is 11.7 Å². The average Bonchev–Trinajstić information content (AvgIpc) is 2.76. The van der Waals surface area contributed by atoms with Crippen molar-refractivity contribution in [3.63, 3.8) is 0 Å². The van der Waals surface area contributed by atoms with E-state index in [1.54, 1.807) is 23.1 Å². The topological polar surface area (TPSA) is 32.8 Å². The number of hydrogen-bond donors (Lipinski definition) is 0. The third kappa shape index (κ3) is 5.28. The molecule has 1 atom stereocenters. The summed E-state index contributed by atoms with van der Waals surface area (Å²) >= 11 is 0. The van der Waals surface area contributed by atoms with Crippen LogP contribution in [0.15, 0.2) is 54.6 Å². The Balaban J connectivity index is 0.00000272. The highest BCUT2D eigenvalue weighted by molar-refractivity contribution is 5.97. The average molecular weight is 447 g/mol. The molecular weight excluding hydrogens is 415 g/mol. The van der Waals surface area contributed by atoms with Gasteiger partial charge in [0.05, 0.1) is 17.8 Å². The van der Waals surface area contributed by atoms with Gasteiger partial charge in [-0.05, 0) is 42.9 Å². The predicted molar refractivity (Wildman–Crippen MR) is 124 cm³/mol. The molecule has 2 aromatic rings. The van der Waals surface area contributed by atoms with Crippen LogP contribution in [0.2, 0.25) is 0 Å². The molecule has 4 nitrogen and oxygen atoms in total. The van der Waals surface area contributed by atoms with E-state index in [0.29, 0.717) is 12.2 Å². The minimum Gasteiger partial charge on any atom is -0.360 e. The van der Waals surface area contributed by atoms with Crippen molar-refractivity contribution in [3.05, 3.63) is 66.0 Å². The van der Waals surface area contributed by atoms with E-state index in [-0.39, 0.29) is 30.0 Å². The summed E-state index contributed by atoms with van der Waals surface area (Å²) in [6.45, 7) is 7.28. The van der Waals surface area contributed by atoms with Crippen LogP contribution in [-0.4, -0.2) is 48.7 Å². The Kier molecular flexibility index (Phi) is 7.73. The molecule has 2 heterocycles. The van der Waals surface area contributed by atoms with Gasteiger partial charge < -0.3 is 14.5 Å². The van der Waals surface area contributed by atoms with Crippen molar-refractivity contribution in [2.24, 2.45) is 5.92 Å². The number of amides is 1. The van der Waals surface area contributed by atoms with Crippen LogP contribution in [0.25, 0.3) is 0 Å². The van der Waals surface area contributed by atoms with Crippen LogP contribution in [-0.2, 0) is 16.0 Å². The number of carbonyl (C=O) groups is 1. The standard InChI is InChI=1S/C25H31FN2O2.ClH/c1-19(2)23-24(29)28(22-11-7-6-10-21(22)26)18-25(30-23)13-16-27(17-14-25)15-12-20-8-4-3-5-9-20;/h3-11,19,23H,12-18H2,1-2H3;1H. The molecular formula is C25H32ClFN2O2. The quantitative estimate of drug-likeness (QED) is 0.666. The Bertz CT molecular complexity index is 869. The molecule has 0 aromatic heterocycles. The van der Waals surface area contributed by atoms with Gasteiger partial charge in [0.2, 0.25) is 0 Å². The maximum Gasteiger partial charge on any atom is 0.256 e. The first-order chi connectivity index (χ1) is 14.5. The smallest absolute Gasteiger partial charge is 0.256 e. The number of carbonyl (C=O) groups excluding carboxylic acids is 1. The van der Waals surface area contributed by atoms with Crippen LogP contribution < -0.4 is 4.90 Å². The van der Waals surface area contributed by atoms with E-state index in [1.807, 2.05) is 19.9 Å². The predicted octanol–water partition coefficient (Wildman–Crippen LogP) is 4.71. The maximum atomic E-state index is 14.5. The van der Waals surface area contributed by atoms with E-state index < -0.39 is 11.7 Å². The van der Waals surface area contributed by atoms with Gasteiger partial charge in [0.25, 0.3) is 5.91 Å². The number of hydrogen-bond acceptors (Lipinski definition) is 3. The van der Waals surface area contributed by atoms with Crippen molar-refractivity contribution in [2.45, 2.75) is 44.8 Å². The van der Waals surface area contributed by atoms with E-state index in [4.69, 9.17) is 4.74 Å². The Hall–Kier alpha value is -1.95. The van der Waals surface area contributed by atoms with Gasteiger partial charge in [-0.1, -0.05) is 56.3 Å². The second-order valence-electron chi connectivity index (χ2n) is 8.92. The molecule has 31 heavy (non-hydrogen) atoms. The van der Waals surface area contributed by atoms with Crippen molar-refractivity contribution in [1.29, 1.82) is 0 Å². The molecule has 1 spiro atoms. The van der Waals surface area contributed by atoms with Crippen LogP contribution in [0.4, 0.5) is 10.1 Å². The van der Waals surface area contributed by atoms with Gasteiger partial charge in [-0.25, -0.2) is 4.39 Å². The Morgan fingerprint density at radius 3 is 2.35 bits per heavy atom. The van der Waals surface area contributed by atoms with Crippen molar-refractivity contribution in [3.8, 4) is 0 Å². The summed E-state index contributed by atoms with van der Waals surface area (Å²) in [6.07, 6.45) is 2.20. The fraction of sp³-hybridized carbons (Fsp3) is 0.480. The first kappa shape index (κ1) is 23.7. The molecule has 1 amide bonds. The van der Waals surface area contributed by atoms with E-state index in [1.165, 1.54) is 11.6 Å². The summed E-state index contributed by atoms with van der Waals surface area (Å²) in [7, 11) is 0. The maximum absolute atomic E-state index is 14.5. The lowest BCUT2D eigenvalue weighted by atomic mass is 9.86. The highest BCUT2D eigenvalue weighted by atomic mass is 35.5. The number of rotatable bonds is 5. The largest absolute Gasteiger partial charge is 0.360 e. The lowest BCUT2D eigenvalue weighted by Crippen LogP contribution is -2.63. The third-order valence-electron chi connectivity index (χ3n) is 6.41. The van der Waals surface area contributed by atoms with Gasteiger partial charge in [0.1, 0.15) is 11.9 Å². The molecule has 0 radical (unpaired) electrons. The first-order valence-corrected chi connectivity index (χ1v) is 11.0. The lowest BCUT2D eigenvalue weighted by molar-refractivity contribution is -0.171. The number of benzene rings is 2. The number of ether oxygens (including phenoxy) is 1. The fourth-order valence-electron chi connectivity index (χ4n) is 4.56. The molecule has 0 saturated carbocycles. The fourth-order valence-corrected chi connectivity index (χ4v) is 4.56. The number of nitrogens with zero attached hydrogens (tertiary/aromatic N) is 2. The van der Waals surface area contributed by atoms with E-state index >= 15 is 0 Å². The molecule has 0 aliphatic carbocycles. The zero-order valence-corrected chi connectivity index (χ0v) is 19.1. The third-order valence-corrected chi connectivity index (χ3v) is 6.41. The number of anilines is 1. The molecule has 2 saturated heterocycles. The van der Waals surface area contributed by atoms with Crippen LogP contribution >= 0.6 is 12.4 Å². The van der Waals surface area contributed by atoms with Gasteiger partial charge in [0.15, 0.2) is 0 Å². The summed E-state index contributed by atoms with van der Waals surface area (Å²) in [4.78, 5) is 17.2. The number of likely N-dealkylation sites (tertiary alicyclic amines) is 1. The van der Waals surface area contributed by atoms with E-state index in [0.717, 1.165) is 38.9 Å². The van der Waals surface area contributed by atoms with Gasteiger partial charge in [-0.2, -0.15) is 0 Å². The second-order valence-corrected chi connectivity index (χ2v) is 8.92. The van der Waals surface area contributed by atoms with E-state index in [2.05, 4.69) is 29.2 Å². The molecule has 4 rings (SSSR count). The van der Waals surface area contributed by atoms with Crippen molar-refractivity contribution >= 4 is 24.0 Å². The van der Waals surface area contributed by atoms with E-state index in [9.17, 15) is 9.18 Å². The molecule has 0 bridgehead atoms. The minimum absolute atomic E-state index is 0. The summed E-state index contributed by atoms with van der Waals surface area (Å²) < 4.78 is 21.0. The number of piperidine rings is 1. The van der Waals surface area contributed by atoms with Crippen LogP contribution in [0.5, 0.6) is 0 Å². The normalized spacial score (nSPS) is 21.4. The molecule has 2 fully saturated rings. The molecule has 0 N–H and O–H groups in total. The molecule has 1 unspecified atom stereocenters. The summed E-state index contributed by atoms with van der Waals surface area (Å²) in [5, 5.41) is 0. The second kappa shape index (κ2) is 10.1. The Morgan fingerprint density at radius 2 is 1.71 bits per heavy atom. The summed E-state index contributed by atoms with van der Waals surface area (Å²) in [6, 6.07) is 17.1. The Labute approximate surface area is 190 Å². The lowest BCUT2D eigenvalue weighted by Gasteiger charge is -2.50. The number of halogens is 2. The molecule has 6 heteroatoms. The van der Waals surface area contributed by atoms with Gasteiger partial charge >= 0.3 is 0 Å². The molecule has 2 aliphatic heterocycles. The molecule has 2 aromatic carbocycles. The van der Waals surface area contributed by atoms with Crippen molar-refractivity contribution in [1.82, 2.24) is 4.90 Å².